The van der Waals surface area contributed by atoms with Crippen LogP contribution in [0.15, 0.2) is 16.8 Å². The Hall–Kier alpha value is -0.258. The van der Waals surface area contributed by atoms with Gasteiger partial charge in [-0.3, -0.25) is 4.99 Å². The molecule has 2 atom stereocenters. The Kier molecular flexibility index (Phi) is 12.0. The molecule has 2 nitrogen and oxygen atoms in total. The number of allylic oxidation sites excluding steroid dienone is 2. The van der Waals surface area contributed by atoms with Crippen molar-refractivity contribution in [1.82, 2.24) is 3.88 Å². The van der Waals surface area contributed by atoms with E-state index in [4.69, 9.17) is 4.99 Å². The number of hydrogen-bond acceptors (Lipinski definition) is 2. The lowest BCUT2D eigenvalue weighted by molar-refractivity contribution is 0.379. The Morgan fingerprint density at radius 2 is 1.42 bits per heavy atom. The minimum Gasteiger partial charge on any atom is -0.464 e. The lowest BCUT2D eigenvalue weighted by Gasteiger charge is -2.42. The molecule has 0 aliphatic rings. The molecule has 0 aliphatic carbocycles. The second kappa shape index (κ2) is 12.2. The molecule has 0 saturated carbocycles. The molecule has 140 valence electrons. The summed E-state index contributed by atoms with van der Waals surface area (Å²) in [6, 6.07) is 1.05. The van der Waals surface area contributed by atoms with Gasteiger partial charge in [0.25, 0.3) is 0 Å². The quantitative estimate of drug-likeness (QED) is 0.294. The lowest BCUT2D eigenvalue weighted by Crippen LogP contribution is -2.47. The molecule has 24 heavy (non-hydrogen) atoms. The molecule has 0 amide bonds. The zero-order chi connectivity index (χ0) is 18.9. The van der Waals surface area contributed by atoms with E-state index in [1.807, 2.05) is 0 Å². The summed E-state index contributed by atoms with van der Waals surface area (Å²) in [5.41, 5.74) is 2.79. The van der Waals surface area contributed by atoms with Crippen molar-refractivity contribution in [3.63, 3.8) is 0 Å². The first-order valence-electron chi connectivity index (χ1n) is 10.3. The van der Waals surface area contributed by atoms with Gasteiger partial charge in [-0.05, 0) is 51.3 Å². The van der Waals surface area contributed by atoms with Gasteiger partial charge in [-0.1, -0.05) is 64.9 Å². The van der Waals surface area contributed by atoms with Crippen molar-refractivity contribution >= 4 is 20.1 Å². The van der Waals surface area contributed by atoms with Crippen molar-refractivity contribution in [3.05, 3.63) is 11.8 Å². The highest BCUT2D eigenvalue weighted by atomic mass is 27.2. The smallest absolute Gasteiger partial charge is 0.419 e. The van der Waals surface area contributed by atoms with Crippen LogP contribution < -0.4 is 0 Å². The van der Waals surface area contributed by atoms with Crippen LogP contribution in [-0.2, 0) is 0 Å². The topological polar surface area (TPSA) is 15.6 Å². The molecule has 0 aromatic carbocycles. The molecule has 0 N–H and O–H groups in total. The SMILES string of the molecule is CCC(/C=C(/CC)[N](C(C)CC)[Al]([CH](C)C)[CH](C)C)=NC(C)CC. The first kappa shape index (κ1) is 23.7. The number of rotatable bonds is 11. The molecule has 0 radical (unpaired) electrons. The van der Waals surface area contributed by atoms with E-state index in [2.05, 4.69) is 79.2 Å². The van der Waals surface area contributed by atoms with Gasteiger partial charge in [0.2, 0.25) is 0 Å². The number of nitrogens with zero attached hydrogens (tertiary/aromatic N) is 2. The van der Waals surface area contributed by atoms with Crippen LogP contribution in [-0.4, -0.2) is 36.0 Å². The van der Waals surface area contributed by atoms with Crippen LogP contribution in [0.4, 0.5) is 0 Å². The fourth-order valence-electron chi connectivity index (χ4n) is 3.53. The molecule has 0 aromatic heterocycles. The van der Waals surface area contributed by atoms with Crippen molar-refractivity contribution in [3.8, 4) is 0 Å². The van der Waals surface area contributed by atoms with Crippen LogP contribution in [0.3, 0.4) is 0 Å². The van der Waals surface area contributed by atoms with E-state index in [-0.39, 0.29) is 0 Å². The van der Waals surface area contributed by atoms with Crippen molar-refractivity contribution in [2.45, 2.75) is 117 Å². The molecule has 2 unspecified atom stereocenters. The number of hydrogen-bond donors (Lipinski definition) is 0. The maximum atomic E-state index is 4.95. The average Bonchev–Trinajstić information content (AvgIpc) is 2.54. The average molecular weight is 351 g/mol. The van der Waals surface area contributed by atoms with Gasteiger partial charge in [-0.15, -0.1) is 0 Å². The summed E-state index contributed by atoms with van der Waals surface area (Å²) in [5.74, 6) is 0. The van der Waals surface area contributed by atoms with Crippen LogP contribution in [0.1, 0.15) is 94.9 Å². The Balaban J connectivity index is 5.93. The Morgan fingerprint density at radius 1 is 0.875 bits per heavy atom. The molecule has 0 aliphatic heterocycles. The summed E-state index contributed by atoms with van der Waals surface area (Å²) in [4.78, 5) is 4.95. The van der Waals surface area contributed by atoms with E-state index in [0.29, 0.717) is 12.1 Å². The summed E-state index contributed by atoms with van der Waals surface area (Å²) < 4.78 is 4.41. The van der Waals surface area contributed by atoms with Gasteiger partial charge in [-0.25, -0.2) is 0 Å². The summed E-state index contributed by atoms with van der Waals surface area (Å²) in [6.07, 6.45) is 6.88. The second-order valence-electron chi connectivity index (χ2n) is 7.86. The van der Waals surface area contributed by atoms with Crippen molar-refractivity contribution < 1.29 is 0 Å². The fraction of sp³-hybridized carbons (Fsp3) is 0.857. The first-order chi connectivity index (χ1) is 11.2. The summed E-state index contributed by atoms with van der Waals surface area (Å²) in [6.45, 7) is 23.4. The zero-order valence-corrected chi connectivity index (χ0v) is 19.3. The van der Waals surface area contributed by atoms with Crippen LogP contribution in [0.5, 0.6) is 0 Å². The molecule has 0 saturated heterocycles. The van der Waals surface area contributed by atoms with Gasteiger partial charge in [0.05, 0.1) is 0 Å². The van der Waals surface area contributed by atoms with E-state index in [1.54, 1.807) is 0 Å². The van der Waals surface area contributed by atoms with E-state index in [1.165, 1.54) is 17.8 Å². The monoisotopic (exact) mass is 350 g/mol. The second-order valence-corrected chi connectivity index (χ2v) is 12.1. The maximum Gasteiger partial charge on any atom is 0.419 e. The normalized spacial score (nSPS) is 15.8. The predicted molar refractivity (Wildman–Crippen MR) is 113 cm³/mol. The van der Waals surface area contributed by atoms with Gasteiger partial charge in [0.15, 0.2) is 0 Å². The van der Waals surface area contributed by atoms with Gasteiger partial charge < -0.3 is 3.88 Å². The third kappa shape index (κ3) is 7.32. The Bertz CT molecular complexity index is 391. The molecule has 0 spiro atoms. The van der Waals surface area contributed by atoms with Crippen LogP contribution in [0, 0.1) is 0 Å². The third-order valence-corrected chi connectivity index (χ3v) is 9.33. The molecule has 3 heteroatoms. The highest BCUT2D eigenvalue weighted by Gasteiger charge is 2.36. The van der Waals surface area contributed by atoms with E-state index in [0.717, 1.165) is 28.8 Å². The molecule has 0 rings (SSSR count). The Labute approximate surface area is 157 Å². The molecular weight excluding hydrogens is 307 g/mol. The Morgan fingerprint density at radius 3 is 1.75 bits per heavy atom. The third-order valence-electron chi connectivity index (χ3n) is 5.12. The van der Waals surface area contributed by atoms with Crippen LogP contribution in [0.25, 0.3) is 0 Å². The van der Waals surface area contributed by atoms with Gasteiger partial charge in [0, 0.05) is 17.8 Å². The first-order valence-corrected chi connectivity index (χ1v) is 12.1. The largest absolute Gasteiger partial charge is 0.464 e. The minimum absolute atomic E-state index is 0.426. The summed E-state index contributed by atoms with van der Waals surface area (Å²) >= 11 is -1.05. The molecule has 0 heterocycles. The van der Waals surface area contributed by atoms with Gasteiger partial charge in [0.1, 0.15) is 0 Å². The van der Waals surface area contributed by atoms with E-state index >= 15 is 0 Å². The fourth-order valence-corrected chi connectivity index (χ4v) is 7.80. The predicted octanol–water partition coefficient (Wildman–Crippen LogP) is 6.84. The maximum absolute atomic E-state index is 4.95. The van der Waals surface area contributed by atoms with E-state index < -0.39 is 14.4 Å². The minimum atomic E-state index is -1.05. The lowest BCUT2D eigenvalue weighted by atomic mass is 10.1. The highest BCUT2D eigenvalue weighted by Crippen LogP contribution is 2.30. The highest BCUT2D eigenvalue weighted by molar-refractivity contribution is 6.59. The van der Waals surface area contributed by atoms with Crippen molar-refractivity contribution in [1.29, 1.82) is 0 Å². The van der Waals surface area contributed by atoms with Gasteiger partial charge in [-0.2, -0.15) is 0 Å². The van der Waals surface area contributed by atoms with E-state index in [9.17, 15) is 0 Å². The van der Waals surface area contributed by atoms with Crippen LogP contribution in [0.2, 0.25) is 9.56 Å². The molecule has 0 fully saturated rings. The summed E-state index contributed by atoms with van der Waals surface area (Å²) in [5, 5.41) is 0. The summed E-state index contributed by atoms with van der Waals surface area (Å²) in [7, 11) is 0. The zero-order valence-electron chi connectivity index (χ0n) is 18.2. The van der Waals surface area contributed by atoms with Gasteiger partial charge >= 0.3 is 14.4 Å². The number of aliphatic imine (C=N–C) groups is 1. The van der Waals surface area contributed by atoms with Crippen molar-refractivity contribution in [2.24, 2.45) is 4.99 Å². The van der Waals surface area contributed by atoms with Crippen molar-refractivity contribution in [2.75, 3.05) is 0 Å². The molecule has 0 aromatic rings. The molecular formula is C21H43AlN2. The standard InChI is InChI=1S/C15H29N2.2C3H7.Al/c1-7-12(5)16-14(9-3)11-15(10-4)17-13(6)8-2;2*1-3-2;/h11-13H,7-10H2,1-6H3;2*3H,1-2H3;/q-1;;;+1/b14-11-,17-15?;;;. The van der Waals surface area contributed by atoms with Crippen LogP contribution >= 0.6 is 0 Å². The molecule has 0 bridgehead atoms.